The minimum Gasteiger partial charge on any atom is -0.458 e. The summed E-state index contributed by atoms with van der Waals surface area (Å²) in [6.07, 6.45) is 6.64. The average Bonchev–Trinajstić information content (AvgIpc) is 3.02. The Bertz CT molecular complexity index is 554. The molecule has 134 valence electrons. The molecule has 1 aliphatic rings. The largest absolute Gasteiger partial charge is 0.458 e. The van der Waals surface area contributed by atoms with Crippen LogP contribution in [0.25, 0.3) is 0 Å². The topological polar surface area (TPSA) is 82.3 Å². The highest BCUT2D eigenvalue weighted by atomic mass is 16.5. The normalized spacial score (nSPS) is 16.1. The van der Waals surface area contributed by atoms with Crippen molar-refractivity contribution in [3.63, 3.8) is 0 Å². The Balaban J connectivity index is 1.64. The highest BCUT2D eigenvalue weighted by Crippen LogP contribution is 2.24. The zero-order chi connectivity index (χ0) is 17.6. The SMILES string of the molecule is CC(C)(C)c1noc(CCCC(=O)OCC(=O)C2CCCCC2)n1. The summed E-state index contributed by atoms with van der Waals surface area (Å²) in [6, 6.07) is 0. The summed E-state index contributed by atoms with van der Waals surface area (Å²) in [7, 11) is 0. The molecule has 6 nitrogen and oxygen atoms in total. The monoisotopic (exact) mass is 336 g/mol. The molecule has 0 N–H and O–H groups in total. The van der Waals surface area contributed by atoms with E-state index in [9.17, 15) is 9.59 Å². The third-order valence-electron chi connectivity index (χ3n) is 4.35. The van der Waals surface area contributed by atoms with Crippen LogP contribution in [0.3, 0.4) is 0 Å². The summed E-state index contributed by atoms with van der Waals surface area (Å²) in [5, 5.41) is 3.95. The van der Waals surface area contributed by atoms with Crippen LogP contribution in [0.15, 0.2) is 4.52 Å². The standard InChI is InChI=1S/C18H28N2O4/c1-18(2,3)17-19-15(24-20-17)10-7-11-16(22)23-12-14(21)13-8-5-4-6-9-13/h13H,4-12H2,1-3H3. The van der Waals surface area contributed by atoms with E-state index in [1.54, 1.807) is 0 Å². The summed E-state index contributed by atoms with van der Waals surface area (Å²) in [4.78, 5) is 28.1. The second kappa shape index (κ2) is 8.40. The molecule has 1 aromatic rings. The summed E-state index contributed by atoms with van der Waals surface area (Å²) in [5.74, 6) is 1.01. The Kier molecular flexibility index (Phi) is 6.52. The summed E-state index contributed by atoms with van der Waals surface area (Å²) in [5.41, 5.74) is -0.153. The minimum atomic E-state index is -0.338. The van der Waals surface area contributed by atoms with Gasteiger partial charge in [0.1, 0.15) is 6.61 Å². The molecule has 0 bridgehead atoms. The Hall–Kier alpha value is -1.72. The maximum absolute atomic E-state index is 12.0. The van der Waals surface area contributed by atoms with Crippen molar-refractivity contribution in [3.05, 3.63) is 11.7 Å². The molecular weight excluding hydrogens is 308 g/mol. The molecule has 0 aromatic carbocycles. The van der Waals surface area contributed by atoms with Gasteiger partial charge in [0, 0.05) is 24.2 Å². The zero-order valence-corrected chi connectivity index (χ0v) is 15.0. The maximum atomic E-state index is 12.0. The van der Waals surface area contributed by atoms with Crippen molar-refractivity contribution in [3.8, 4) is 0 Å². The van der Waals surface area contributed by atoms with Gasteiger partial charge in [-0.15, -0.1) is 0 Å². The van der Waals surface area contributed by atoms with Crippen molar-refractivity contribution < 1.29 is 18.8 Å². The second-order valence-electron chi connectivity index (χ2n) is 7.58. The fraction of sp³-hybridized carbons (Fsp3) is 0.778. The number of esters is 1. The molecule has 0 aliphatic heterocycles. The number of carbonyl (C=O) groups is 2. The van der Waals surface area contributed by atoms with Gasteiger partial charge in [0.2, 0.25) is 5.89 Å². The van der Waals surface area contributed by atoms with Crippen molar-refractivity contribution in [2.75, 3.05) is 6.61 Å². The lowest BCUT2D eigenvalue weighted by molar-refractivity contribution is -0.149. The Morgan fingerprint density at radius 2 is 1.92 bits per heavy atom. The summed E-state index contributed by atoms with van der Waals surface area (Å²) >= 11 is 0. The molecule has 1 saturated carbocycles. The Morgan fingerprint density at radius 1 is 1.21 bits per heavy atom. The van der Waals surface area contributed by atoms with E-state index in [1.165, 1.54) is 6.42 Å². The number of ether oxygens (including phenoxy) is 1. The fourth-order valence-corrected chi connectivity index (χ4v) is 2.81. The van der Waals surface area contributed by atoms with Crippen molar-refractivity contribution in [2.45, 2.75) is 77.6 Å². The first-order chi connectivity index (χ1) is 11.4. The van der Waals surface area contributed by atoms with Crippen molar-refractivity contribution >= 4 is 11.8 Å². The third kappa shape index (κ3) is 5.73. The van der Waals surface area contributed by atoms with Crippen LogP contribution in [0.4, 0.5) is 0 Å². The van der Waals surface area contributed by atoms with Crippen LogP contribution < -0.4 is 0 Å². The molecule has 1 heterocycles. The fourth-order valence-electron chi connectivity index (χ4n) is 2.81. The summed E-state index contributed by atoms with van der Waals surface area (Å²) < 4.78 is 10.3. The molecule has 0 amide bonds. The molecule has 6 heteroatoms. The molecule has 1 aromatic heterocycles. The first-order valence-corrected chi connectivity index (χ1v) is 8.87. The number of hydrogen-bond donors (Lipinski definition) is 0. The number of carbonyl (C=O) groups excluding carboxylic acids is 2. The predicted molar refractivity (Wildman–Crippen MR) is 88.5 cm³/mol. The molecule has 0 saturated heterocycles. The number of aromatic nitrogens is 2. The van der Waals surface area contributed by atoms with E-state index >= 15 is 0 Å². The Morgan fingerprint density at radius 3 is 2.54 bits per heavy atom. The molecular formula is C18H28N2O4. The van der Waals surface area contributed by atoms with E-state index in [2.05, 4.69) is 10.1 Å². The molecule has 2 rings (SSSR count). The van der Waals surface area contributed by atoms with Gasteiger partial charge >= 0.3 is 5.97 Å². The quantitative estimate of drug-likeness (QED) is 0.710. The maximum Gasteiger partial charge on any atom is 0.306 e. The summed E-state index contributed by atoms with van der Waals surface area (Å²) in [6.45, 7) is 5.96. The van der Waals surface area contributed by atoms with Gasteiger partial charge in [-0.25, -0.2) is 0 Å². The molecule has 0 unspecified atom stereocenters. The lowest BCUT2D eigenvalue weighted by atomic mass is 9.86. The van der Waals surface area contributed by atoms with Crippen LogP contribution in [0, 0.1) is 5.92 Å². The van der Waals surface area contributed by atoms with Gasteiger partial charge in [-0.2, -0.15) is 4.98 Å². The van der Waals surface area contributed by atoms with Crippen molar-refractivity contribution in [1.29, 1.82) is 0 Å². The van der Waals surface area contributed by atoms with Crippen LogP contribution in [-0.2, 0) is 26.2 Å². The number of ketones is 1. The second-order valence-corrected chi connectivity index (χ2v) is 7.58. The number of Topliss-reactive ketones (excluding diaryl/α,β-unsaturated/α-hetero) is 1. The molecule has 0 radical (unpaired) electrons. The van der Waals surface area contributed by atoms with Gasteiger partial charge in [-0.1, -0.05) is 45.2 Å². The smallest absolute Gasteiger partial charge is 0.306 e. The molecule has 1 aliphatic carbocycles. The number of rotatable bonds is 7. The minimum absolute atomic E-state index is 0.0646. The molecule has 0 atom stereocenters. The van der Waals surface area contributed by atoms with E-state index in [-0.39, 0.29) is 36.1 Å². The number of nitrogens with zero attached hydrogens (tertiary/aromatic N) is 2. The van der Waals surface area contributed by atoms with Gasteiger partial charge < -0.3 is 9.26 Å². The van der Waals surface area contributed by atoms with Crippen LogP contribution >= 0.6 is 0 Å². The highest BCUT2D eigenvalue weighted by Gasteiger charge is 2.22. The third-order valence-corrected chi connectivity index (χ3v) is 4.35. The lowest BCUT2D eigenvalue weighted by Gasteiger charge is -2.19. The van der Waals surface area contributed by atoms with E-state index in [0.29, 0.717) is 24.6 Å². The van der Waals surface area contributed by atoms with Crippen molar-refractivity contribution in [2.24, 2.45) is 5.92 Å². The van der Waals surface area contributed by atoms with Crippen LogP contribution in [0.2, 0.25) is 0 Å². The van der Waals surface area contributed by atoms with Gasteiger partial charge in [-0.3, -0.25) is 9.59 Å². The van der Waals surface area contributed by atoms with Gasteiger partial charge in [-0.05, 0) is 19.3 Å². The van der Waals surface area contributed by atoms with E-state index < -0.39 is 0 Å². The number of hydrogen-bond acceptors (Lipinski definition) is 6. The molecule has 1 fully saturated rings. The van der Waals surface area contributed by atoms with E-state index in [0.717, 1.165) is 25.7 Å². The average molecular weight is 336 g/mol. The zero-order valence-electron chi connectivity index (χ0n) is 15.0. The molecule has 0 spiro atoms. The van der Waals surface area contributed by atoms with Crippen LogP contribution in [0.1, 0.15) is 77.4 Å². The molecule has 24 heavy (non-hydrogen) atoms. The first-order valence-electron chi connectivity index (χ1n) is 8.87. The lowest BCUT2D eigenvalue weighted by Crippen LogP contribution is -2.23. The van der Waals surface area contributed by atoms with E-state index in [1.807, 2.05) is 20.8 Å². The number of aryl methyl sites for hydroxylation is 1. The predicted octanol–water partition coefficient (Wildman–Crippen LogP) is 3.38. The van der Waals surface area contributed by atoms with Gasteiger partial charge in [0.05, 0.1) is 0 Å². The first kappa shape index (κ1) is 18.6. The highest BCUT2D eigenvalue weighted by molar-refractivity contribution is 5.84. The van der Waals surface area contributed by atoms with E-state index in [4.69, 9.17) is 9.26 Å². The van der Waals surface area contributed by atoms with Gasteiger partial charge in [0.25, 0.3) is 0 Å². The van der Waals surface area contributed by atoms with Crippen LogP contribution in [-0.4, -0.2) is 28.5 Å². The van der Waals surface area contributed by atoms with Gasteiger partial charge in [0.15, 0.2) is 11.6 Å². The van der Waals surface area contributed by atoms with Crippen molar-refractivity contribution in [1.82, 2.24) is 10.1 Å². The Labute approximate surface area is 143 Å². The van der Waals surface area contributed by atoms with Crippen LogP contribution in [0.5, 0.6) is 0 Å².